The lowest BCUT2D eigenvalue weighted by atomic mass is 9.96. The summed E-state index contributed by atoms with van der Waals surface area (Å²) >= 11 is 0. The number of alkyl halides is 3. The molecule has 0 atom stereocenters. The fourth-order valence-electron chi connectivity index (χ4n) is 3.54. The molecule has 1 aliphatic heterocycles. The highest BCUT2D eigenvalue weighted by Crippen LogP contribution is 2.30. The lowest BCUT2D eigenvalue weighted by Crippen LogP contribution is -2.34. The van der Waals surface area contributed by atoms with Crippen molar-refractivity contribution in [2.75, 3.05) is 13.1 Å². The van der Waals surface area contributed by atoms with Crippen molar-refractivity contribution in [1.29, 1.82) is 0 Å². The Hall–Kier alpha value is -1.82. The third-order valence-electron chi connectivity index (χ3n) is 4.90. The summed E-state index contributed by atoms with van der Waals surface area (Å²) in [6.07, 6.45) is -2.17. The van der Waals surface area contributed by atoms with Crippen molar-refractivity contribution in [3.05, 3.63) is 52.8 Å². The van der Waals surface area contributed by atoms with E-state index in [0.717, 1.165) is 49.8 Å². The van der Waals surface area contributed by atoms with Gasteiger partial charge in [0.1, 0.15) is 0 Å². The van der Waals surface area contributed by atoms with Crippen molar-refractivity contribution < 1.29 is 13.2 Å². The van der Waals surface area contributed by atoms with Gasteiger partial charge in [-0.25, -0.2) is 0 Å². The Morgan fingerprint density at radius 3 is 2.44 bits per heavy atom. The first-order valence-electron chi connectivity index (χ1n) is 8.71. The van der Waals surface area contributed by atoms with Gasteiger partial charge in [0, 0.05) is 18.8 Å². The fraction of sp³-hybridized carbons (Fsp3) is 0.526. The second-order valence-corrected chi connectivity index (χ2v) is 7.03. The molecule has 2 heterocycles. The van der Waals surface area contributed by atoms with Crippen LogP contribution in [0.3, 0.4) is 0 Å². The highest BCUT2D eigenvalue weighted by molar-refractivity contribution is 5.25. The Labute approximate surface area is 146 Å². The number of aromatic nitrogens is 2. The third-order valence-corrected chi connectivity index (χ3v) is 4.90. The van der Waals surface area contributed by atoms with Crippen LogP contribution >= 0.6 is 0 Å². The Bertz CT molecular complexity index is 713. The van der Waals surface area contributed by atoms with E-state index in [4.69, 9.17) is 0 Å². The number of likely N-dealkylation sites (tertiary alicyclic amines) is 1. The first kappa shape index (κ1) is 18.0. The van der Waals surface area contributed by atoms with Crippen LogP contribution in [0.2, 0.25) is 0 Å². The number of halogens is 3. The normalized spacial score (nSPS) is 17.2. The molecule has 3 nitrogen and oxygen atoms in total. The SMILES string of the molecule is Cc1cc(C)n(CC2CCN(Cc3cccc(C(F)(F)F)c3)CC2)n1. The number of nitrogens with zero attached hydrogens (tertiary/aromatic N) is 3. The van der Waals surface area contributed by atoms with E-state index in [2.05, 4.69) is 27.7 Å². The van der Waals surface area contributed by atoms with Crippen LogP contribution in [0.1, 0.15) is 35.4 Å². The standard InChI is InChI=1S/C19H24F3N3/c1-14-10-15(2)25(23-14)13-16-6-8-24(9-7-16)12-17-4-3-5-18(11-17)19(20,21)22/h3-5,10-11,16H,6-9,12-13H2,1-2H3. The molecular formula is C19H24F3N3. The van der Waals surface area contributed by atoms with Gasteiger partial charge in [-0.2, -0.15) is 18.3 Å². The summed E-state index contributed by atoms with van der Waals surface area (Å²) < 4.78 is 40.5. The van der Waals surface area contributed by atoms with Crippen molar-refractivity contribution in [2.45, 2.75) is 46.0 Å². The lowest BCUT2D eigenvalue weighted by Gasteiger charge is -2.32. The van der Waals surface area contributed by atoms with E-state index in [1.165, 1.54) is 17.8 Å². The van der Waals surface area contributed by atoms with Gasteiger partial charge in [-0.3, -0.25) is 9.58 Å². The second-order valence-electron chi connectivity index (χ2n) is 7.03. The first-order chi connectivity index (χ1) is 11.8. The number of rotatable bonds is 4. The van der Waals surface area contributed by atoms with Crippen molar-refractivity contribution in [3.8, 4) is 0 Å². The molecule has 1 saturated heterocycles. The maximum Gasteiger partial charge on any atom is 0.416 e. The molecule has 0 saturated carbocycles. The summed E-state index contributed by atoms with van der Waals surface area (Å²) in [4.78, 5) is 2.24. The van der Waals surface area contributed by atoms with Crippen LogP contribution in [0.4, 0.5) is 13.2 Å². The monoisotopic (exact) mass is 351 g/mol. The van der Waals surface area contributed by atoms with Gasteiger partial charge in [-0.1, -0.05) is 18.2 Å². The molecule has 0 aliphatic carbocycles. The van der Waals surface area contributed by atoms with Gasteiger partial charge in [0.15, 0.2) is 0 Å². The number of aryl methyl sites for hydroxylation is 2. The zero-order chi connectivity index (χ0) is 18.0. The summed E-state index contributed by atoms with van der Waals surface area (Å²) in [5, 5.41) is 4.52. The molecular weight excluding hydrogens is 327 g/mol. The smallest absolute Gasteiger partial charge is 0.299 e. The minimum absolute atomic E-state index is 0.565. The van der Waals surface area contributed by atoms with Gasteiger partial charge in [-0.15, -0.1) is 0 Å². The van der Waals surface area contributed by atoms with Gasteiger partial charge >= 0.3 is 6.18 Å². The molecule has 0 unspecified atom stereocenters. The molecule has 0 spiro atoms. The van der Waals surface area contributed by atoms with E-state index in [1.807, 2.05) is 6.92 Å². The topological polar surface area (TPSA) is 21.1 Å². The Balaban J connectivity index is 1.53. The minimum atomic E-state index is -4.28. The Morgan fingerprint density at radius 2 is 1.84 bits per heavy atom. The molecule has 136 valence electrons. The second kappa shape index (κ2) is 7.20. The summed E-state index contributed by atoms with van der Waals surface area (Å²) in [6, 6.07) is 7.75. The predicted molar refractivity (Wildman–Crippen MR) is 91.1 cm³/mol. The lowest BCUT2D eigenvalue weighted by molar-refractivity contribution is -0.137. The molecule has 0 bridgehead atoms. The third kappa shape index (κ3) is 4.63. The molecule has 1 aliphatic rings. The average Bonchev–Trinajstić information content (AvgIpc) is 2.86. The van der Waals surface area contributed by atoms with Crippen LogP contribution in [0.25, 0.3) is 0 Å². The molecule has 1 aromatic carbocycles. The van der Waals surface area contributed by atoms with Gasteiger partial charge in [-0.05, 0) is 63.4 Å². The first-order valence-corrected chi connectivity index (χ1v) is 8.71. The average molecular weight is 351 g/mol. The molecule has 0 radical (unpaired) electrons. The largest absolute Gasteiger partial charge is 0.416 e. The van der Waals surface area contributed by atoms with Gasteiger partial charge in [0.25, 0.3) is 0 Å². The molecule has 6 heteroatoms. The van der Waals surface area contributed by atoms with Crippen molar-refractivity contribution in [2.24, 2.45) is 5.92 Å². The van der Waals surface area contributed by atoms with Gasteiger partial charge in [0.05, 0.1) is 11.3 Å². The van der Waals surface area contributed by atoms with E-state index >= 15 is 0 Å². The quantitative estimate of drug-likeness (QED) is 0.812. The number of hydrogen-bond acceptors (Lipinski definition) is 2. The summed E-state index contributed by atoms with van der Waals surface area (Å²) in [6.45, 7) is 7.41. The van der Waals surface area contributed by atoms with Gasteiger partial charge in [0.2, 0.25) is 0 Å². The van der Waals surface area contributed by atoms with Crippen LogP contribution < -0.4 is 0 Å². The summed E-state index contributed by atoms with van der Waals surface area (Å²) in [5.74, 6) is 0.579. The molecule has 2 aromatic rings. The maximum atomic E-state index is 12.8. The van der Waals surface area contributed by atoms with E-state index in [0.29, 0.717) is 12.5 Å². The fourth-order valence-corrected chi connectivity index (χ4v) is 3.54. The van der Waals surface area contributed by atoms with Crippen LogP contribution in [-0.2, 0) is 19.3 Å². The molecule has 1 aromatic heterocycles. The number of benzene rings is 1. The summed E-state index contributed by atoms with van der Waals surface area (Å²) in [7, 11) is 0. The molecule has 0 N–H and O–H groups in total. The number of piperidine rings is 1. The zero-order valence-corrected chi connectivity index (χ0v) is 14.7. The molecule has 3 rings (SSSR count). The van der Waals surface area contributed by atoms with E-state index in [9.17, 15) is 13.2 Å². The van der Waals surface area contributed by atoms with Crippen molar-refractivity contribution >= 4 is 0 Å². The zero-order valence-electron chi connectivity index (χ0n) is 14.7. The highest BCUT2D eigenvalue weighted by Gasteiger charge is 2.30. The molecule has 25 heavy (non-hydrogen) atoms. The van der Waals surface area contributed by atoms with E-state index < -0.39 is 11.7 Å². The van der Waals surface area contributed by atoms with E-state index in [-0.39, 0.29) is 0 Å². The highest BCUT2D eigenvalue weighted by atomic mass is 19.4. The van der Waals surface area contributed by atoms with Crippen molar-refractivity contribution in [1.82, 2.24) is 14.7 Å². The van der Waals surface area contributed by atoms with Gasteiger partial charge < -0.3 is 0 Å². The Kier molecular flexibility index (Phi) is 5.18. The van der Waals surface area contributed by atoms with Crippen LogP contribution in [0, 0.1) is 19.8 Å². The van der Waals surface area contributed by atoms with Crippen LogP contribution in [0.5, 0.6) is 0 Å². The summed E-state index contributed by atoms with van der Waals surface area (Å²) in [5.41, 5.74) is 2.39. The molecule has 1 fully saturated rings. The Morgan fingerprint density at radius 1 is 1.12 bits per heavy atom. The van der Waals surface area contributed by atoms with Crippen LogP contribution in [0.15, 0.2) is 30.3 Å². The van der Waals surface area contributed by atoms with E-state index in [1.54, 1.807) is 6.07 Å². The molecule has 0 amide bonds. The predicted octanol–water partition coefficient (Wildman–Crippen LogP) is 4.43. The maximum absolute atomic E-state index is 12.8. The van der Waals surface area contributed by atoms with Crippen LogP contribution in [-0.4, -0.2) is 27.8 Å². The van der Waals surface area contributed by atoms with Crippen molar-refractivity contribution in [3.63, 3.8) is 0 Å². The minimum Gasteiger partial charge on any atom is -0.299 e. The number of hydrogen-bond donors (Lipinski definition) is 0.